The van der Waals surface area contributed by atoms with E-state index in [0.717, 1.165) is 19.3 Å². The monoisotopic (exact) mass is 261 g/mol. The first-order valence-electron chi connectivity index (χ1n) is 5.67. The number of hydrogen-bond donors (Lipinski definition) is 2. The van der Waals surface area contributed by atoms with Crippen molar-refractivity contribution in [1.29, 1.82) is 0 Å². The molecule has 2 N–H and O–H groups in total. The van der Waals surface area contributed by atoms with Crippen molar-refractivity contribution in [2.45, 2.75) is 19.3 Å². The van der Waals surface area contributed by atoms with Gasteiger partial charge in [0.1, 0.15) is 0 Å². The van der Waals surface area contributed by atoms with Crippen molar-refractivity contribution in [3.05, 3.63) is 0 Å². The quantitative estimate of drug-likeness (QED) is 0.630. The number of carboxylic acid groups (broad SMARTS) is 1. The molecule has 0 spiro atoms. The van der Waals surface area contributed by atoms with E-state index in [1.807, 2.05) is 0 Å². The first-order chi connectivity index (χ1) is 8.10. The lowest BCUT2D eigenvalue weighted by atomic mass is 9.68. The lowest BCUT2D eigenvalue weighted by Gasteiger charge is -2.39. The average molecular weight is 261 g/mol. The number of rotatable bonds is 8. The number of amides is 1. The number of carboxylic acids is 1. The maximum Gasteiger partial charge on any atom is 0.313 e. The lowest BCUT2D eigenvalue weighted by Crippen LogP contribution is -2.49. The fourth-order valence-electron chi connectivity index (χ4n) is 1.90. The van der Waals surface area contributed by atoms with Crippen LogP contribution in [0, 0.1) is 5.41 Å². The van der Waals surface area contributed by atoms with E-state index in [9.17, 15) is 9.59 Å². The zero-order valence-corrected chi connectivity index (χ0v) is 10.8. The summed E-state index contributed by atoms with van der Waals surface area (Å²) in [6, 6.07) is 0. The molecule has 98 valence electrons. The molecule has 1 amide bonds. The van der Waals surface area contributed by atoms with Crippen molar-refractivity contribution in [2.75, 3.05) is 31.8 Å². The van der Waals surface area contributed by atoms with Gasteiger partial charge in [-0.05, 0) is 12.8 Å². The third-order valence-electron chi connectivity index (χ3n) is 2.97. The van der Waals surface area contributed by atoms with E-state index in [4.69, 9.17) is 9.84 Å². The van der Waals surface area contributed by atoms with Gasteiger partial charge in [0.2, 0.25) is 5.91 Å². The standard InChI is InChI=1S/C11H19NO4S/c1-16-8-11(3-2-4-11)10(15)12-5-6-17-7-9(13)14/h2-8H2,1H3,(H,12,15)(H,13,14). The molecule has 0 aromatic rings. The molecule has 0 bridgehead atoms. The second-order valence-corrected chi connectivity index (χ2v) is 5.37. The Morgan fingerprint density at radius 1 is 1.47 bits per heavy atom. The van der Waals surface area contributed by atoms with Crippen molar-refractivity contribution in [3.63, 3.8) is 0 Å². The minimum Gasteiger partial charge on any atom is -0.481 e. The van der Waals surface area contributed by atoms with Gasteiger partial charge in [-0.2, -0.15) is 0 Å². The molecule has 0 aromatic carbocycles. The van der Waals surface area contributed by atoms with Crippen LogP contribution in [-0.2, 0) is 14.3 Å². The van der Waals surface area contributed by atoms with Gasteiger partial charge in [-0.25, -0.2) is 0 Å². The molecule has 0 radical (unpaired) electrons. The van der Waals surface area contributed by atoms with Crippen LogP contribution in [0.5, 0.6) is 0 Å². The number of aliphatic carboxylic acids is 1. The summed E-state index contributed by atoms with van der Waals surface area (Å²) in [5, 5.41) is 11.3. The van der Waals surface area contributed by atoms with Crippen LogP contribution in [0.15, 0.2) is 0 Å². The van der Waals surface area contributed by atoms with E-state index < -0.39 is 5.97 Å². The summed E-state index contributed by atoms with van der Waals surface area (Å²) in [4.78, 5) is 22.2. The van der Waals surface area contributed by atoms with Crippen LogP contribution in [0.4, 0.5) is 0 Å². The third kappa shape index (κ3) is 4.20. The second-order valence-electron chi connectivity index (χ2n) is 4.27. The SMILES string of the molecule is COCC1(C(=O)NCCSCC(=O)O)CCC1. The second kappa shape index (κ2) is 6.86. The van der Waals surface area contributed by atoms with E-state index in [1.54, 1.807) is 7.11 Å². The molecule has 6 heteroatoms. The zero-order chi connectivity index (χ0) is 12.7. The third-order valence-corrected chi connectivity index (χ3v) is 3.91. The molecular formula is C11H19NO4S. The molecular weight excluding hydrogens is 242 g/mol. The number of ether oxygens (including phenoxy) is 1. The van der Waals surface area contributed by atoms with E-state index in [1.165, 1.54) is 11.8 Å². The fourth-order valence-corrected chi connectivity index (χ4v) is 2.47. The summed E-state index contributed by atoms with van der Waals surface area (Å²) in [6.45, 7) is 0.989. The lowest BCUT2D eigenvalue weighted by molar-refractivity contribution is -0.140. The largest absolute Gasteiger partial charge is 0.481 e. The normalized spacial score (nSPS) is 17.2. The number of thioether (sulfide) groups is 1. The van der Waals surface area contributed by atoms with Crippen molar-refractivity contribution in [1.82, 2.24) is 5.32 Å². The van der Waals surface area contributed by atoms with Gasteiger partial charge in [-0.3, -0.25) is 9.59 Å². The van der Waals surface area contributed by atoms with Gasteiger partial charge < -0.3 is 15.2 Å². The highest BCUT2D eigenvalue weighted by atomic mass is 32.2. The Morgan fingerprint density at radius 3 is 2.65 bits per heavy atom. The summed E-state index contributed by atoms with van der Waals surface area (Å²) >= 11 is 1.31. The topological polar surface area (TPSA) is 75.6 Å². The number of carbonyl (C=O) groups excluding carboxylic acids is 1. The summed E-state index contributed by atoms with van der Waals surface area (Å²) in [5.74, 6) is -0.0714. The molecule has 1 fully saturated rings. The van der Waals surface area contributed by atoms with Crippen molar-refractivity contribution < 1.29 is 19.4 Å². The summed E-state index contributed by atoms with van der Waals surface area (Å²) in [6.07, 6.45) is 2.84. The summed E-state index contributed by atoms with van der Waals surface area (Å²) in [5.41, 5.74) is -0.327. The van der Waals surface area contributed by atoms with Gasteiger partial charge in [0.15, 0.2) is 0 Å². The minimum absolute atomic E-state index is 0.0431. The van der Waals surface area contributed by atoms with Crippen LogP contribution in [-0.4, -0.2) is 48.8 Å². The Labute approximate surface area is 105 Å². The maximum atomic E-state index is 11.9. The Bertz CT molecular complexity index is 279. The van der Waals surface area contributed by atoms with Crippen LogP contribution in [0.25, 0.3) is 0 Å². The average Bonchev–Trinajstić information content (AvgIpc) is 2.22. The number of hydrogen-bond acceptors (Lipinski definition) is 4. The predicted octanol–water partition coefficient (Wildman–Crippen LogP) is 0.737. The molecule has 0 aromatic heterocycles. The van der Waals surface area contributed by atoms with Gasteiger partial charge in [0, 0.05) is 19.4 Å². The first kappa shape index (κ1) is 14.3. The molecule has 0 atom stereocenters. The molecule has 1 aliphatic rings. The molecule has 0 heterocycles. The Hall–Kier alpha value is -0.750. The summed E-state index contributed by atoms with van der Waals surface area (Å²) in [7, 11) is 1.61. The zero-order valence-electron chi connectivity index (χ0n) is 10.0. The summed E-state index contributed by atoms with van der Waals surface area (Å²) < 4.78 is 5.09. The van der Waals surface area contributed by atoms with Gasteiger partial charge in [-0.15, -0.1) is 11.8 Å². The molecule has 0 unspecified atom stereocenters. The Balaban J connectivity index is 2.17. The predicted molar refractivity (Wildman–Crippen MR) is 66.1 cm³/mol. The molecule has 1 aliphatic carbocycles. The van der Waals surface area contributed by atoms with Gasteiger partial charge >= 0.3 is 5.97 Å². The number of nitrogens with one attached hydrogen (secondary N) is 1. The van der Waals surface area contributed by atoms with Crippen LogP contribution >= 0.6 is 11.8 Å². The Kier molecular flexibility index (Phi) is 5.77. The minimum atomic E-state index is -0.823. The molecule has 0 saturated heterocycles. The first-order valence-corrected chi connectivity index (χ1v) is 6.83. The Morgan fingerprint density at radius 2 is 2.18 bits per heavy atom. The maximum absolute atomic E-state index is 11.9. The molecule has 0 aliphatic heterocycles. The van der Waals surface area contributed by atoms with Crippen LogP contribution in [0.1, 0.15) is 19.3 Å². The number of carbonyl (C=O) groups is 2. The van der Waals surface area contributed by atoms with E-state index in [0.29, 0.717) is 18.9 Å². The molecule has 1 rings (SSSR count). The van der Waals surface area contributed by atoms with Crippen LogP contribution < -0.4 is 5.32 Å². The van der Waals surface area contributed by atoms with Crippen molar-refractivity contribution in [3.8, 4) is 0 Å². The highest BCUT2D eigenvalue weighted by Crippen LogP contribution is 2.41. The fraction of sp³-hybridized carbons (Fsp3) is 0.818. The van der Waals surface area contributed by atoms with Gasteiger partial charge in [-0.1, -0.05) is 6.42 Å². The molecule has 5 nitrogen and oxygen atoms in total. The van der Waals surface area contributed by atoms with E-state index in [2.05, 4.69) is 5.32 Å². The number of methoxy groups -OCH3 is 1. The van der Waals surface area contributed by atoms with E-state index in [-0.39, 0.29) is 17.1 Å². The van der Waals surface area contributed by atoms with Gasteiger partial charge in [0.05, 0.1) is 17.8 Å². The molecule has 17 heavy (non-hydrogen) atoms. The highest BCUT2D eigenvalue weighted by molar-refractivity contribution is 7.99. The van der Waals surface area contributed by atoms with Crippen LogP contribution in [0.3, 0.4) is 0 Å². The van der Waals surface area contributed by atoms with Crippen molar-refractivity contribution in [2.24, 2.45) is 5.41 Å². The van der Waals surface area contributed by atoms with E-state index >= 15 is 0 Å². The van der Waals surface area contributed by atoms with Gasteiger partial charge in [0.25, 0.3) is 0 Å². The van der Waals surface area contributed by atoms with Crippen LogP contribution in [0.2, 0.25) is 0 Å². The van der Waals surface area contributed by atoms with Crippen molar-refractivity contribution >= 4 is 23.6 Å². The highest BCUT2D eigenvalue weighted by Gasteiger charge is 2.43. The smallest absolute Gasteiger partial charge is 0.313 e. The molecule has 1 saturated carbocycles.